The molecule has 0 aliphatic carbocycles. The second-order valence-electron chi connectivity index (χ2n) is 7.44. The zero-order chi connectivity index (χ0) is 18.7. The Morgan fingerprint density at radius 3 is 1.88 bits per heavy atom. The first-order valence-corrected chi connectivity index (χ1v) is 9.23. The van der Waals surface area contributed by atoms with Gasteiger partial charge in [-0.1, -0.05) is 26.0 Å². The van der Waals surface area contributed by atoms with Crippen molar-refractivity contribution in [3.8, 4) is 0 Å². The second kappa shape index (κ2) is 7.77. The Balaban J connectivity index is 1.57. The summed E-state index contributed by atoms with van der Waals surface area (Å²) in [4.78, 5) is 28.9. The Hall–Kier alpha value is -2.56. The van der Waals surface area contributed by atoms with Crippen molar-refractivity contribution in [2.45, 2.75) is 20.3 Å². The van der Waals surface area contributed by atoms with Crippen LogP contribution in [0.4, 0.5) is 0 Å². The number of nitrogens with zero attached hydrogens (tertiary/aromatic N) is 3. The van der Waals surface area contributed by atoms with Crippen molar-refractivity contribution in [2.24, 2.45) is 13.0 Å². The van der Waals surface area contributed by atoms with Crippen LogP contribution in [0.3, 0.4) is 0 Å². The third-order valence-corrected chi connectivity index (χ3v) is 4.78. The van der Waals surface area contributed by atoms with E-state index in [9.17, 15) is 9.59 Å². The quantitative estimate of drug-likeness (QED) is 0.848. The fourth-order valence-corrected chi connectivity index (χ4v) is 3.36. The Kier molecular flexibility index (Phi) is 5.45. The minimum absolute atomic E-state index is 0.0377. The van der Waals surface area contributed by atoms with Crippen molar-refractivity contribution in [1.82, 2.24) is 14.4 Å². The first-order chi connectivity index (χ1) is 12.4. The normalized spacial score (nSPS) is 14.8. The predicted molar refractivity (Wildman–Crippen MR) is 102 cm³/mol. The van der Waals surface area contributed by atoms with Crippen LogP contribution in [-0.2, 0) is 13.5 Å². The third-order valence-electron chi connectivity index (χ3n) is 4.78. The van der Waals surface area contributed by atoms with E-state index in [-0.39, 0.29) is 11.8 Å². The molecular formula is C21H27N3O2. The number of amides is 2. The predicted octanol–water partition coefficient (Wildman–Crippen LogP) is 2.82. The summed E-state index contributed by atoms with van der Waals surface area (Å²) >= 11 is 0. The molecule has 3 rings (SSSR count). The van der Waals surface area contributed by atoms with Crippen molar-refractivity contribution in [2.75, 3.05) is 26.2 Å². The lowest BCUT2D eigenvalue weighted by Gasteiger charge is -2.34. The molecular weight excluding hydrogens is 326 g/mol. The molecule has 0 atom stereocenters. The van der Waals surface area contributed by atoms with Gasteiger partial charge in [-0.15, -0.1) is 0 Å². The molecule has 26 heavy (non-hydrogen) atoms. The summed E-state index contributed by atoms with van der Waals surface area (Å²) in [5.74, 6) is 0.690. The second-order valence-corrected chi connectivity index (χ2v) is 7.44. The van der Waals surface area contributed by atoms with Crippen molar-refractivity contribution in [3.63, 3.8) is 0 Å². The highest BCUT2D eigenvalue weighted by Crippen LogP contribution is 2.14. The molecule has 1 fully saturated rings. The van der Waals surface area contributed by atoms with Crippen LogP contribution in [0.15, 0.2) is 42.7 Å². The molecule has 0 bridgehead atoms. The van der Waals surface area contributed by atoms with Gasteiger partial charge in [0.25, 0.3) is 11.8 Å². The molecule has 0 radical (unpaired) electrons. The average molecular weight is 353 g/mol. The molecule has 1 aromatic carbocycles. The Morgan fingerprint density at radius 2 is 1.42 bits per heavy atom. The molecule has 1 aliphatic rings. The van der Waals surface area contributed by atoms with Gasteiger partial charge in [0.15, 0.2) is 0 Å². The summed E-state index contributed by atoms with van der Waals surface area (Å²) in [5, 5.41) is 0. The van der Waals surface area contributed by atoms with Crippen LogP contribution < -0.4 is 0 Å². The Bertz CT molecular complexity index is 769. The number of aromatic nitrogens is 1. The van der Waals surface area contributed by atoms with Gasteiger partial charge in [-0.25, -0.2) is 0 Å². The Labute approximate surface area is 155 Å². The molecule has 1 aliphatic heterocycles. The largest absolute Gasteiger partial charge is 0.356 e. The van der Waals surface area contributed by atoms with E-state index in [4.69, 9.17) is 0 Å². The highest BCUT2D eigenvalue weighted by atomic mass is 16.2. The summed E-state index contributed by atoms with van der Waals surface area (Å²) < 4.78 is 1.87. The van der Waals surface area contributed by atoms with E-state index >= 15 is 0 Å². The van der Waals surface area contributed by atoms with Crippen LogP contribution in [0.25, 0.3) is 0 Å². The minimum atomic E-state index is 0.0377. The fourth-order valence-electron chi connectivity index (χ4n) is 3.36. The van der Waals surface area contributed by atoms with Gasteiger partial charge in [0.05, 0.1) is 5.56 Å². The lowest BCUT2D eigenvalue weighted by Crippen LogP contribution is -2.50. The monoisotopic (exact) mass is 353 g/mol. The number of carbonyl (C=O) groups excluding carboxylic acids is 2. The minimum Gasteiger partial charge on any atom is -0.356 e. The molecule has 2 heterocycles. The van der Waals surface area contributed by atoms with Gasteiger partial charge in [-0.05, 0) is 36.1 Å². The van der Waals surface area contributed by atoms with Crippen molar-refractivity contribution < 1.29 is 9.59 Å². The summed E-state index contributed by atoms with van der Waals surface area (Å²) in [6, 6.07) is 9.76. The molecule has 0 unspecified atom stereocenters. The standard InChI is InChI=1S/C21H27N3O2/c1-16(2)14-17-4-6-18(7-5-17)20(25)23-10-12-24(13-11-23)21(26)19-8-9-22(3)15-19/h4-9,15-16H,10-14H2,1-3H3. The molecule has 5 nitrogen and oxygen atoms in total. The van der Waals surface area contributed by atoms with Gasteiger partial charge in [0, 0.05) is 51.2 Å². The molecule has 0 spiro atoms. The maximum Gasteiger partial charge on any atom is 0.255 e. The van der Waals surface area contributed by atoms with Gasteiger partial charge in [-0.3, -0.25) is 9.59 Å². The summed E-state index contributed by atoms with van der Waals surface area (Å²) in [5.41, 5.74) is 2.68. The molecule has 2 amide bonds. The average Bonchev–Trinajstić information content (AvgIpc) is 3.07. The zero-order valence-corrected chi connectivity index (χ0v) is 15.8. The summed E-state index contributed by atoms with van der Waals surface area (Å²) in [6.07, 6.45) is 4.73. The van der Waals surface area contributed by atoms with Gasteiger partial charge in [0.2, 0.25) is 0 Å². The maximum absolute atomic E-state index is 12.7. The van der Waals surface area contributed by atoms with Crippen LogP contribution in [0.5, 0.6) is 0 Å². The van der Waals surface area contributed by atoms with Crippen LogP contribution >= 0.6 is 0 Å². The fraction of sp³-hybridized carbons (Fsp3) is 0.429. The van der Waals surface area contributed by atoms with E-state index in [1.807, 2.05) is 64.1 Å². The molecule has 0 N–H and O–H groups in total. The van der Waals surface area contributed by atoms with E-state index in [1.165, 1.54) is 5.56 Å². The van der Waals surface area contributed by atoms with Gasteiger partial charge in [-0.2, -0.15) is 0 Å². The summed E-state index contributed by atoms with van der Waals surface area (Å²) in [7, 11) is 1.90. The Morgan fingerprint density at radius 1 is 0.885 bits per heavy atom. The molecule has 0 saturated carbocycles. The molecule has 138 valence electrons. The number of carbonyl (C=O) groups is 2. The molecule has 5 heteroatoms. The molecule has 2 aromatic rings. The van der Waals surface area contributed by atoms with Gasteiger partial charge >= 0.3 is 0 Å². The van der Waals surface area contributed by atoms with E-state index in [1.54, 1.807) is 0 Å². The number of rotatable bonds is 4. The van der Waals surface area contributed by atoms with Gasteiger partial charge < -0.3 is 14.4 Å². The molecule has 1 saturated heterocycles. The van der Waals surface area contributed by atoms with Crippen LogP contribution in [0, 0.1) is 5.92 Å². The SMILES string of the molecule is CC(C)Cc1ccc(C(=O)N2CCN(C(=O)c3ccn(C)c3)CC2)cc1. The van der Waals surface area contributed by atoms with E-state index in [2.05, 4.69) is 13.8 Å². The van der Waals surface area contributed by atoms with Crippen LogP contribution in [0.2, 0.25) is 0 Å². The van der Waals surface area contributed by atoms with E-state index < -0.39 is 0 Å². The van der Waals surface area contributed by atoms with Crippen molar-refractivity contribution in [3.05, 3.63) is 59.4 Å². The van der Waals surface area contributed by atoms with Crippen LogP contribution in [0.1, 0.15) is 40.1 Å². The highest BCUT2D eigenvalue weighted by Gasteiger charge is 2.25. The first-order valence-electron chi connectivity index (χ1n) is 9.23. The van der Waals surface area contributed by atoms with Crippen molar-refractivity contribution in [1.29, 1.82) is 0 Å². The van der Waals surface area contributed by atoms with E-state index in [0.717, 1.165) is 12.0 Å². The number of benzene rings is 1. The zero-order valence-electron chi connectivity index (χ0n) is 15.8. The van der Waals surface area contributed by atoms with E-state index in [0.29, 0.717) is 37.7 Å². The summed E-state index contributed by atoms with van der Waals surface area (Å²) in [6.45, 7) is 6.68. The number of aryl methyl sites for hydroxylation is 1. The first kappa shape index (κ1) is 18.2. The third kappa shape index (κ3) is 4.15. The maximum atomic E-state index is 12.7. The smallest absolute Gasteiger partial charge is 0.255 e. The van der Waals surface area contributed by atoms with Gasteiger partial charge in [0.1, 0.15) is 0 Å². The number of hydrogen-bond donors (Lipinski definition) is 0. The van der Waals surface area contributed by atoms with Crippen molar-refractivity contribution >= 4 is 11.8 Å². The number of piperazine rings is 1. The molecule has 1 aromatic heterocycles. The topological polar surface area (TPSA) is 45.6 Å². The lowest BCUT2D eigenvalue weighted by molar-refractivity contribution is 0.0535. The van der Waals surface area contributed by atoms with Crippen LogP contribution in [-0.4, -0.2) is 52.4 Å². The lowest BCUT2D eigenvalue weighted by atomic mass is 10.0. The number of hydrogen-bond acceptors (Lipinski definition) is 2. The highest BCUT2D eigenvalue weighted by molar-refractivity contribution is 5.96.